The molecule has 344 valence electrons. The van der Waals surface area contributed by atoms with Gasteiger partial charge in [-0.25, -0.2) is 0 Å². The molecule has 0 aromatic rings. The highest BCUT2D eigenvalue weighted by Crippen LogP contribution is 2.30. The first-order valence-corrected chi connectivity index (χ1v) is 22.7. The highest BCUT2D eigenvalue weighted by atomic mass is 16.7. The molecule has 14 heteroatoms. The average molecular weight is 844 g/mol. The summed E-state index contributed by atoms with van der Waals surface area (Å²) in [6.45, 7) is 2.69. The maximum atomic E-state index is 13.1. The van der Waals surface area contributed by atoms with Crippen LogP contribution < -0.4 is 5.32 Å². The number of aliphatic hydroxyl groups excluding tert-OH is 8. The van der Waals surface area contributed by atoms with Gasteiger partial charge >= 0.3 is 0 Å². The van der Waals surface area contributed by atoms with E-state index in [9.17, 15) is 45.6 Å². The van der Waals surface area contributed by atoms with Gasteiger partial charge in [0.05, 0.1) is 32.0 Å². The van der Waals surface area contributed by atoms with Gasteiger partial charge in [-0.1, -0.05) is 127 Å². The Morgan fingerprint density at radius 1 is 0.610 bits per heavy atom. The van der Waals surface area contributed by atoms with E-state index in [4.69, 9.17) is 18.9 Å². The molecule has 2 aliphatic rings. The summed E-state index contributed by atoms with van der Waals surface area (Å²) >= 11 is 0. The quantitative estimate of drug-likeness (QED) is 0.0331. The average Bonchev–Trinajstić information content (AvgIpc) is 3.23. The van der Waals surface area contributed by atoms with Crippen LogP contribution in [0.25, 0.3) is 0 Å². The molecule has 12 unspecified atom stereocenters. The number of aliphatic hydroxyl groups is 8. The van der Waals surface area contributed by atoms with E-state index in [2.05, 4.69) is 43.5 Å². The van der Waals surface area contributed by atoms with Crippen molar-refractivity contribution in [1.29, 1.82) is 0 Å². The van der Waals surface area contributed by atoms with Gasteiger partial charge in [0.2, 0.25) is 5.91 Å². The van der Waals surface area contributed by atoms with Gasteiger partial charge in [-0.05, 0) is 51.4 Å². The molecule has 0 aromatic carbocycles. The molecular formula is C45H81NO13. The van der Waals surface area contributed by atoms with Gasteiger partial charge in [-0.3, -0.25) is 4.79 Å². The van der Waals surface area contributed by atoms with Crippen molar-refractivity contribution in [2.75, 3.05) is 19.8 Å². The number of allylic oxidation sites excluding steroid dienone is 5. The molecule has 2 rings (SSSR count). The predicted octanol–water partition coefficient (Wildman–Crippen LogP) is 4.37. The highest BCUT2D eigenvalue weighted by molar-refractivity contribution is 5.76. The molecule has 2 fully saturated rings. The van der Waals surface area contributed by atoms with Crippen LogP contribution in [0.15, 0.2) is 36.5 Å². The minimum Gasteiger partial charge on any atom is -0.394 e. The maximum Gasteiger partial charge on any atom is 0.220 e. The van der Waals surface area contributed by atoms with Gasteiger partial charge in [0.1, 0.15) is 48.8 Å². The third-order valence-corrected chi connectivity index (χ3v) is 11.1. The fraction of sp³-hybridized carbons (Fsp3) is 0.844. The van der Waals surface area contributed by atoms with Gasteiger partial charge in [0.25, 0.3) is 0 Å². The molecule has 1 amide bonds. The molecule has 0 aromatic heterocycles. The number of rotatable bonds is 33. The Balaban J connectivity index is 1.90. The standard InChI is InChI=1S/C45H81NO13/c1-3-5-7-9-11-13-15-16-17-18-19-21-23-25-27-29-37(50)46-33(34(49)28-26-24-22-20-14-12-10-8-6-4-2)32-56-44-42(55)40(53)43(36(31-48)58-44)59-45-41(54)39(52)38(51)35(30-47)57-45/h11,13,16-17,26,28,33-36,38-45,47-49,51-55H,3-10,12,14-15,18-25,27,29-32H2,1-2H3,(H,46,50)/b13-11-,17-16-,28-26+. The Kier molecular flexibility index (Phi) is 29.7. The van der Waals surface area contributed by atoms with Crippen LogP contribution in [0.2, 0.25) is 0 Å². The third kappa shape index (κ3) is 21.2. The van der Waals surface area contributed by atoms with Crippen LogP contribution in [0, 0.1) is 0 Å². The second kappa shape index (κ2) is 32.9. The van der Waals surface area contributed by atoms with Crippen molar-refractivity contribution in [2.24, 2.45) is 0 Å². The SMILES string of the molecule is CCCCC/C=C\C/C=C\CCCCCCCC(=O)NC(COC1OC(CO)C(OC2OC(CO)C(O)C(O)C2O)C(O)C1O)C(O)/C=C/CCCCCCCCCC. The summed E-state index contributed by atoms with van der Waals surface area (Å²) < 4.78 is 22.6. The van der Waals surface area contributed by atoms with Crippen molar-refractivity contribution in [2.45, 2.75) is 222 Å². The van der Waals surface area contributed by atoms with E-state index in [0.717, 1.165) is 64.2 Å². The lowest BCUT2D eigenvalue weighted by molar-refractivity contribution is -0.359. The van der Waals surface area contributed by atoms with Gasteiger partial charge < -0.3 is 65.1 Å². The minimum absolute atomic E-state index is 0.258. The van der Waals surface area contributed by atoms with Crippen molar-refractivity contribution in [3.05, 3.63) is 36.5 Å². The van der Waals surface area contributed by atoms with Crippen molar-refractivity contribution >= 4 is 5.91 Å². The lowest BCUT2D eigenvalue weighted by Crippen LogP contribution is -2.65. The van der Waals surface area contributed by atoms with E-state index in [-0.39, 0.29) is 18.9 Å². The summed E-state index contributed by atoms with van der Waals surface area (Å²) in [5, 5.41) is 86.3. The molecule has 0 spiro atoms. The Morgan fingerprint density at radius 2 is 1.12 bits per heavy atom. The smallest absolute Gasteiger partial charge is 0.220 e. The number of unbranched alkanes of at least 4 members (excludes halogenated alkanes) is 16. The predicted molar refractivity (Wildman–Crippen MR) is 226 cm³/mol. The van der Waals surface area contributed by atoms with E-state index in [1.807, 2.05) is 6.08 Å². The first kappa shape index (κ1) is 53.3. The number of amides is 1. The summed E-state index contributed by atoms with van der Waals surface area (Å²) in [6, 6.07) is -0.918. The number of ether oxygens (including phenoxy) is 4. The summed E-state index contributed by atoms with van der Waals surface area (Å²) in [5.74, 6) is -0.258. The summed E-state index contributed by atoms with van der Waals surface area (Å²) in [7, 11) is 0. The lowest BCUT2D eigenvalue weighted by Gasteiger charge is -2.46. The van der Waals surface area contributed by atoms with Crippen LogP contribution in [-0.4, -0.2) is 140 Å². The number of carbonyl (C=O) groups is 1. The van der Waals surface area contributed by atoms with Crippen LogP contribution in [0.5, 0.6) is 0 Å². The molecule has 0 bridgehead atoms. The monoisotopic (exact) mass is 844 g/mol. The largest absolute Gasteiger partial charge is 0.394 e. The molecule has 2 saturated heterocycles. The Hall–Kier alpha value is -1.79. The fourth-order valence-corrected chi connectivity index (χ4v) is 7.26. The summed E-state index contributed by atoms with van der Waals surface area (Å²) in [6.07, 6.45) is 17.7. The third-order valence-electron chi connectivity index (χ3n) is 11.1. The molecule has 14 nitrogen and oxygen atoms in total. The first-order chi connectivity index (χ1) is 28.6. The van der Waals surface area contributed by atoms with Crippen LogP contribution in [0.1, 0.15) is 149 Å². The van der Waals surface area contributed by atoms with E-state index >= 15 is 0 Å². The number of hydrogen-bond donors (Lipinski definition) is 9. The first-order valence-electron chi connectivity index (χ1n) is 22.7. The Morgan fingerprint density at radius 3 is 1.73 bits per heavy atom. The van der Waals surface area contributed by atoms with Gasteiger partial charge in [0, 0.05) is 6.42 Å². The second-order valence-electron chi connectivity index (χ2n) is 16.2. The molecule has 12 atom stereocenters. The second-order valence-corrected chi connectivity index (χ2v) is 16.2. The zero-order chi connectivity index (χ0) is 43.3. The van der Waals surface area contributed by atoms with Gasteiger partial charge in [0.15, 0.2) is 12.6 Å². The van der Waals surface area contributed by atoms with Crippen molar-refractivity contribution in [1.82, 2.24) is 5.32 Å². The Bertz CT molecular complexity index is 1140. The molecule has 9 N–H and O–H groups in total. The lowest BCUT2D eigenvalue weighted by atomic mass is 9.97. The summed E-state index contributed by atoms with van der Waals surface area (Å²) in [5.41, 5.74) is 0. The van der Waals surface area contributed by atoms with E-state index in [1.54, 1.807) is 6.08 Å². The van der Waals surface area contributed by atoms with Gasteiger partial charge in [-0.15, -0.1) is 0 Å². The number of carbonyl (C=O) groups excluding carboxylic acids is 1. The number of hydrogen-bond acceptors (Lipinski definition) is 13. The maximum absolute atomic E-state index is 13.1. The highest BCUT2D eigenvalue weighted by Gasteiger charge is 2.50. The van der Waals surface area contributed by atoms with E-state index in [0.29, 0.717) is 6.42 Å². The topological polar surface area (TPSA) is 228 Å². The minimum atomic E-state index is -1.79. The fourth-order valence-electron chi connectivity index (χ4n) is 7.26. The molecule has 0 aliphatic carbocycles. The van der Waals surface area contributed by atoms with Gasteiger partial charge in [-0.2, -0.15) is 0 Å². The zero-order valence-electron chi connectivity index (χ0n) is 36.0. The van der Waals surface area contributed by atoms with Crippen molar-refractivity contribution < 1.29 is 64.6 Å². The number of nitrogens with one attached hydrogen (secondary N) is 1. The van der Waals surface area contributed by atoms with Crippen molar-refractivity contribution in [3.8, 4) is 0 Å². The molecule has 2 aliphatic heterocycles. The zero-order valence-corrected chi connectivity index (χ0v) is 36.0. The van der Waals surface area contributed by atoms with E-state index in [1.165, 1.54) is 57.8 Å². The molecule has 0 saturated carbocycles. The van der Waals surface area contributed by atoms with Crippen LogP contribution >= 0.6 is 0 Å². The molecule has 59 heavy (non-hydrogen) atoms. The molecule has 2 heterocycles. The molecule has 0 radical (unpaired) electrons. The van der Waals surface area contributed by atoms with E-state index < -0.39 is 86.8 Å². The van der Waals surface area contributed by atoms with Crippen molar-refractivity contribution in [3.63, 3.8) is 0 Å². The van der Waals surface area contributed by atoms with Crippen LogP contribution in [0.3, 0.4) is 0 Å². The summed E-state index contributed by atoms with van der Waals surface area (Å²) in [4.78, 5) is 13.1. The van der Waals surface area contributed by atoms with Crippen LogP contribution in [-0.2, 0) is 23.7 Å². The Labute approximate surface area is 353 Å². The molecular weight excluding hydrogens is 762 g/mol. The normalized spacial score (nSPS) is 28.8. The van der Waals surface area contributed by atoms with Crippen LogP contribution in [0.4, 0.5) is 0 Å².